The van der Waals surface area contributed by atoms with Gasteiger partial charge in [-0.3, -0.25) is 10.1 Å². The van der Waals surface area contributed by atoms with Gasteiger partial charge in [-0.1, -0.05) is 11.6 Å². The molecule has 8 nitrogen and oxygen atoms in total. The summed E-state index contributed by atoms with van der Waals surface area (Å²) in [5, 5.41) is 16.1. The lowest BCUT2D eigenvalue weighted by atomic mass is 9.99. The summed E-state index contributed by atoms with van der Waals surface area (Å²) in [5.41, 5.74) is 0.958. The van der Waals surface area contributed by atoms with E-state index in [1.807, 2.05) is 0 Å². The van der Waals surface area contributed by atoms with Gasteiger partial charge in [0, 0.05) is 17.7 Å². The summed E-state index contributed by atoms with van der Waals surface area (Å²) >= 11 is 6.35. The Morgan fingerprint density at radius 1 is 1.43 bits per heavy atom. The Hall–Kier alpha value is -2.68. The third-order valence-corrected chi connectivity index (χ3v) is 4.86. The van der Waals surface area contributed by atoms with Crippen LogP contribution in [0.2, 0.25) is 5.15 Å². The molecule has 1 unspecified atom stereocenters. The number of nitro groups is 1. The van der Waals surface area contributed by atoms with Gasteiger partial charge in [-0.15, -0.1) is 0 Å². The maximum absolute atomic E-state index is 14.8. The van der Waals surface area contributed by atoms with Crippen LogP contribution in [0.4, 0.5) is 10.1 Å². The lowest BCUT2D eigenvalue weighted by Gasteiger charge is -2.14. The van der Waals surface area contributed by atoms with Crippen molar-refractivity contribution in [2.24, 2.45) is 0 Å². The van der Waals surface area contributed by atoms with E-state index in [0.29, 0.717) is 0 Å². The van der Waals surface area contributed by atoms with E-state index >= 15 is 0 Å². The van der Waals surface area contributed by atoms with Gasteiger partial charge in [-0.05, 0) is 39.5 Å². The van der Waals surface area contributed by atoms with Crippen LogP contribution < -0.4 is 4.74 Å². The number of carbonyl (C=O) groups is 1. The fourth-order valence-corrected chi connectivity index (χ4v) is 3.44. The third kappa shape index (κ3) is 3.80. The van der Waals surface area contributed by atoms with Gasteiger partial charge in [-0.2, -0.15) is 5.10 Å². The molecule has 3 rings (SSSR count). The number of hydrogen-bond acceptors (Lipinski definition) is 6. The number of aryl methyl sites for hydroxylation is 1. The van der Waals surface area contributed by atoms with Gasteiger partial charge in [0.05, 0.1) is 17.2 Å². The van der Waals surface area contributed by atoms with Crippen molar-refractivity contribution in [2.75, 3.05) is 6.61 Å². The first kappa shape index (κ1) is 20.1. The predicted molar refractivity (Wildman–Crippen MR) is 98.6 cm³/mol. The molecule has 1 aliphatic rings. The first-order chi connectivity index (χ1) is 13.3. The highest BCUT2D eigenvalue weighted by Crippen LogP contribution is 2.36. The minimum atomic E-state index is -1.13. The largest absolute Gasteiger partial charge is 0.472 e. The van der Waals surface area contributed by atoms with Crippen molar-refractivity contribution in [3.05, 3.63) is 44.5 Å². The van der Waals surface area contributed by atoms with Crippen molar-refractivity contribution >= 4 is 23.3 Å². The third-order valence-electron chi connectivity index (χ3n) is 4.47. The number of fused-ring (bicyclic) bond motifs is 1. The quantitative estimate of drug-likeness (QED) is 0.407. The SMILES string of the molecule is CCOC(=O)C(C)Oc1cc(F)c(-n2nc3c(c2Cl)CCCC3)cc1[N+](=O)[O-]. The van der Waals surface area contributed by atoms with E-state index in [1.54, 1.807) is 6.92 Å². The van der Waals surface area contributed by atoms with Crippen molar-refractivity contribution in [1.82, 2.24) is 9.78 Å². The summed E-state index contributed by atoms with van der Waals surface area (Å²) in [7, 11) is 0. The average Bonchev–Trinajstić information content (AvgIpc) is 2.98. The molecule has 150 valence electrons. The maximum Gasteiger partial charge on any atom is 0.347 e. The Morgan fingerprint density at radius 3 is 2.79 bits per heavy atom. The highest BCUT2D eigenvalue weighted by atomic mass is 35.5. The zero-order chi connectivity index (χ0) is 20.4. The molecule has 0 N–H and O–H groups in total. The lowest BCUT2D eigenvalue weighted by molar-refractivity contribution is -0.386. The van der Waals surface area contributed by atoms with Gasteiger partial charge in [0.1, 0.15) is 10.8 Å². The molecule has 1 aromatic heterocycles. The zero-order valence-corrected chi connectivity index (χ0v) is 16.2. The fraction of sp³-hybridized carbons (Fsp3) is 0.444. The molecular weight excluding hydrogens is 393 g/mol. The van der Waals surface area contributed by atoms with E-state index in [2.05, 4.69) is 5.10 Å². The van der Waals surface area contributed by atoms with Gasteiger partial charge in [0.25, 0.3) is 0 Å². The molecule has 1 heterocycles. The number of esters is 1. The number of carbonyl (C=O) groups excluding carboxylic acids is 1. The van der Waals surface area contributed by atoms with E-state index < -0.39 is 28.5 Å². The molecule has 0 aliphatic heterocycles. The van der Waals surface area contributed by atoms with Gasteiger partial charge >= 0.3 is 11.7 Å². The van der Waals surface area contributed by atoms with Crippen LogP contribution in [-0.4, -0.2) is 33.4 Å². The van der Waals surface area contributed by atoms with E-state index in [-0.39, 0.29) is 23.2 Å². The highest BCUT2D eigenvalue weighted by molar-refractivity contribution is 6.30. The lowest BCUT2D eigenvalue weighted by Crippen LogP contribution is -2.26. The number of rotatable bonds is 6. The molecule has 0 bridgehead atoms. The smallest absolute Gasteiger partial charge is 0.347 e. The molecule has 0 radical (unpaired) electrons. The van der Waals surface area contributed by atoms with Crippen molar-refractivity contribution in [3.8, 4) is 11.4 Å². The predicted octanol–water partition coefficient (Wildman–Crippen LogP) is 3.78. The van der Waals surface area contributed by atoms with Crippen LogP contribution >= 0.6 is 11.6 Å². The molecule has 1 aliphatic carbocycles. The van der Waals surface area contributed by atoms with Crippen molar-refractivity contribution in [1.29, 1.82) is 0 Å². The summed E-state index contributed by atoms with van der Waals surface area (Å²) in [6.07, 6.45) is 2.24. The van der Waals surface area contributed by atoms with E-state index in [9.17, 15) is 19.3 Å². The number of halogens is 2. The molecule has 0 saturated heterocycles. The normalized spacial score (nSPS) is 14.3. The molecule has 2 aromatic rings. The Morgan fingerprint density at radius 2 is 2.14 bits per heavy atom. The number of ether oxygens (including phenoxy) is 2. The fourth-order valence-electron chi connectivity index (χ4n) is 3.10. The number of nitrogens with zero attached hydrogens (tertiary/aromatic N) is 3. The second kappa shape index (κ2) is 8.14. The summed E-state index contributed by atoms with van der Waals surface area (Å²) in [6, 6.07) is 1.87. The minimum Gasteiger partial charge on any atom is -0.472 e. The molecular formula is C18H19ClFN3O5. The molecule has 1 atom stereocenters. The monoisotopic (exact) mass is 411 g/mol. The van der Waals surface area contributed by atoms with Crippen LogP contribution in [-0.2, 0) is 22.4 Å². The molecule has 0 amide bonds. The van der Waals surface area contributed by atoms with Gasteiger partial charge < -0.3 is 9.47 Å². The molecule has 10 heteroatoms. The van der Waals surface area contributed by atoms with Crippen molar-refractivity contribution < 1.29 is 23.6 Å². The molecule has 0 fully saturated rings. The van der Waals surface area contributed by atoms with Crippen molar-refractivity contribution in [2.45, 2.75) is 45.6 Å². The minimum absolute atomic E-state index is 0.129. The van der Waals surface area contributed by atoms with Crippen molar-refractivity contribution in [3.63, 3.8) is 0 Å². The Balaban J connectivity index is 2.01. The molecule has 0 saturated carbocycles. The van der Waals surface area contributed by atoms with E-state index in [4.69, 9.17) is 21.1 Å². The average molecular weight is 412 g/mol. The highest BCUT2D eigenvalue weighted by Gasteiger charge is 2.28. The zero-order valence-electron chi connectivity index (χ0n) is 15.4. The Kier molecular flexibility index (Phi) is 5.83. The van der Waals surface area contributed by atoms with Crippen LogP contribution in [0.5, 0.6) is 5.75 Å². The van der Waals surface area contributed by atoms with Crippen LogP contribution in [0.15, 0.2) is 12.1 Å². The van der Waals surface area contributed by atoms with E-state index in [0.717, 1.165) is 49.1 Å². The maximum atomic E-state index is 14.8. The number of aromatic nitrogens is 2. The van der Waals surface area contributed by atoms with Crippen LogP contribution in [0.3, 0.4) is 0 Å². The summed E-state index contributed by atoms with van der Waals surface area (Å²) < 4.78 is 26.1. The molecule has 0 spiro atoms. The first-order valence-electron chi connectivity index (χ1n) is 8.91. The molecule has 1 aromatic carbocycles. The summed E-state index contributed by atoms with van der Waals surface area (Å²) in [4.78, 5) is 22.5. The summed E-state index contributed by atoms with van der Waals surface area (Å²) in [5.74, 6) is -1.89. The van der Waals surface area contributed by atoms with Crippen LogP contribution in [0.1, 0.15) is 37.9 Å². The van der Waals surface area contributed by atoms with Gasteiger partial charge in [-0.25, -0.2) is 13.9 Å². The number of nitro benzene ring substituents is 1. The summed E-state index contributed by atoms with van der Waals surface area (Å²) in [6.45, 7) is 3.12. The van der Waals surface area contributed by atoms with Gasteiger partial charge in [0.2, 0.25) is 5.75 Å². The topological polar surface area (TPSA) is 96.5 Å². The van der Waals surface area contributed by atoms with Gasteiger partial charge in [0.15, 0.2) is 11.9 Å². The Bertz CT molecular complexity index is 930. The second-order valence-corrected chi connectivity index (χ2v) is 6.73. The van der Waals surface area contributed by atoms with E-state index in [1.165, 1.54) is 11.6 Å². The standard InChI is InChI=1S/C18H19ClFN3O5/c1-3-27-18(24)10(2)28-16-8-12(20)14(9-15(16)23(25)26)22-17(19)11-6-4-5-7-13(11)21-22/h8-10H,3-7H2,1-2H3. The number of hydrogen-bond donors (Lipinski definition) is 0. The molecule has 28 heavy (non-hydrogen) atoms. The number of benzene rings is 1. The van der Waals surface area contributed by atoms with Crippen LogP contribution in [0, 0.1) is 15.9 Å². The van der Waals surface area contributed by atoms with Crippen LogP contribution in [0.25, 0.3) is 5.69 Å². The Labute approximate surface area is 165 Å². The second-order valence-electron chi connectivity index (χ2n) is 6.38. The first-order valence-corrected chi connectivity index (χ1v) is 9.29.